The summed E-state index contributed by atoms with van der Waals surface area (Å²) in [6.07, 6.45) is -0.0537. The summed E-state index contributed by atoms with van der Waals surface area (Å²) in [6, 6.07) is 3.16. The summed E-state index contributed by atoms with van der Waals surface area (Å²) in [5.74, 6) is -0.298. The Hall–Kier alpha value is -1.13. The Kier molecular flexibility index (Phi) is 5.56. The largest absolute Gasteiger partial charge is 0.396 e. The molecule has 1 aromatic rings. The van der Waals surface area contributed by atoms with Gasteiger partial charge in [0.15, 0.2) is 0 Å². The van der Waals surface area contributed by atoms with Gasteiger partial charge in [-0.15, -0.1) is 0 Å². The van der Waals surface area contributed by atoms with Crippen LogP contribution >= 0.6 is 0 Å². The summed E-state index contributed by atoms with van der Waals surface area (Å²) in [5.41, 5.74) is 2.01. The van der Waals surface area contributed by atoms with E-state index in [1.807, 2.05) is 11.8 Å². The lowest BCUT2D eigenvalue weighted by atomic mass is 10.0. The van der Waals surface area contributed by atoms with Gasteiger partial charge in [0.2, 0.25) is 0 Å². The van der Waals surface area contributed by atoms with E-state index in [9.17, 15) is 9.50 Å². The molecule has 1 aromatic carbocycles. The molecule has 0 aliphatic rings. The Bertz CT molecular complexity index is 394. The van der Waals surface area contributed by atoms with Gasteiger partial charge in [-0.3, -0.25) is 0 Å². The highest BCUT2D eigenvalue weighted by atomic mass is 19.1. The van der Waals surface area contributed by atoms with Gasteiger partial charge in [0.05, 0.1) is 6.10 Å². The first-order chi connectivity index (χ1) is 8.51. The highest BCUT2D eigenvalue weighted by molar-refractivity contribution is 5.56. The van der Waals surface area contributed by atoms with Crippen LogP contribution < -0.4 is 4.90 Å². The number of rotatable bonds is 6. The van der Waals surface area contributed by atoms with E-state index >= 15 is 0 Å². The summed E-state index contributed by atoms with van der Waals surface area (Å²) < 4.78 is 13.6. The average molecular weight is 255 g/mol. The Morgan fingerprint density at radius 2 is 2.06 bits per heavy atom. The summed E-state index contributed by atoms with van der Waals surface area (Å²) in [7, 11) is 0. The Labute approximate surface area is 108 Å². The van der Waals surface area contributed by atoms with E-state index in [1.165, 1.54) is 6.07 Å². The summed E-state index contributed by atoms with van der Waals surface area (Å²) in [5, 5.41) is 18.6. The van der Waals surface area contributed by atoms with Crippen LogP contribution in [0.2, 0.25) is 0 Å². The predicted octanol–water partition coefficient (Wildman–Crippen LogP) is 2.40. The lowest BCUT2D eigenvalue weighted by Gasteiger charge is -2.27. The number of hydrogen-bond acceptors (Lipinski definition) is 3. The van der Waals surface area contributed by atoms with Crippen LogP contribution in [-0.2, 0) is 0 Å². The molecule has 0 unspecified atom stereocenters. The minimum atomic E-state index is -0.710. The molecule has 0 fully saturated rings. The molecule has 0 aliphatic carbocycles. The van der Waals surface area contributed by atoms with E-state index in [2.05, 4.69) is 0 Å². The third-order valence-electron chi connectivity index (χ3n) is 3.07. The van der Waals surface area contributed by atoms with Crippen molar-refractivity contribution in [1.82, 2.24) is 0 Å². The number of halogens is 1. The number of hydrogen-bond donors (Lipinski definition) is 2. The minimum Gasteiger partial charge on any atom is -0.396 e. The number of benzene rings is 1. The van der Waals surface area contributed by atoms with Gasteiger partial charge in [0, 0.05) is 30.9 Å². The highest BCUT2D eigenvalue weighted by Gasteiger charge is 2.15. The lowest BCUT2D eigenvalue weighted by molar-refractivity contribution is 0.199. The van der Waals surface area contributed by atoms with Gasteiger partial charge in [-0.05, 0) is 44.9 Å². The zero-order valence-corrected chi connectivity index (χ0v) is 11.3. The van der Waals surface area contributed by atoms with Crippen molar-refractivity contribution < 1.29 is 14.6 Å². The van der Waals surface area contributed by atoms with Gasteiger partial charge in [-0.2, -0.15) is 0 Å². The fraction of sp³-hybridized carbons (Fsp3) is 0.571. The molecule has 3 nitrogen and oxygen atoms in total. The normalized spacial score (nSPS) is 12.6. The zero-order chi connectivity index (χ0) is 13.7. The summed E-state index contributed by atoms with van der Waals surface area (Å²) in [4.78, 5) is 2.05. The number of aliphatic hydroxyl groups excluding tert-OH is 2. The van der Waals surface area contributed by atoms with Gasteiger partial charge >= 0.3 is 0 Å². The Balaban J connectivity index is 3.14. The van der Waals surface area contributed by atoms with Crippen LogP contribution in [0.4, 0.5) is 10.1 Å². The molecule has 0 saturated carbocycles. The molecule has 0 aromatic heterocycles. The first-order valence-electron chi connectivity index (χ1n) is 6.35. The van der Waals surface area contributed by atoms with E-state index in [1.54, 1.807) is 19.9 Å². The molecule has 0 heterocycles. The van der Waals surface area contributed by atoms with E-state index in [4.69, 9.17) is 5.11 Å². The molecule has 1 atom stereocenters. The van der Waals surface area contributed by atoms with Crippen molar-refractivity contribution in [1.29, 1.82) is 0 Å². The molecule has 102 valence electrons. The molecule has 0 amide bonds. The number of nitrogens with zero attached hydrogens (tertiary/aromatic N) is 1. The minimum absolute atomic E-state index is 0.126. The highest BCUT2D eigenvalue weighted by Crippen LogP contribution is 2.29. The third kappa shape index (κ3) is 3.43. The van der Waals surface area contributed by atoms with Crippen molar-refractivity contribution in [3.8, 4) is 0 Å². The molecular formula is C14H22FNO2. The van der Waals surface area contributed by atoms with Crippen molar-refractivity contribution in [2.75, 3.05) is 24.6 Å². The van der Waals surface area contributed by atoms with E-state index in [0.29, 0.717) is 24.1 Å². The molecular weight excluding hydrogens is 233 g/mol. The Morgan fingerprint density at radius 1 is 1.39 bits per heavy atom. The lowest BCUT2D eigenvalue weighted by Crippen LogP contribution is -2.26. The molecule has 1 rings (SSSR count). The van der Waals surface area contributed by atoms with Crippen molar-refractivity contribution in [2.45, 2.75) is 33.3 Å². The van der Waals surface area contributed by atoms with Gasteiger partial charge < -0.3 is 15.1 Å². The number of anilines is 1. The smallest absolute Gasteiger partial charge is 0.126 e. The van der Waals surface area contributed by atoms with Crippen molar-refractivity contribution in [2.24, 2.45) is 0 Å². The maximum atomic E-state index is 13.6. The standard InChI is InChI=1S/C14H22FNO2/c1-4-16(6-5-7-17)14-8-10(2)13(15)9-12(14)11(3)18/h8-9,11,17-18H,4-7H2,1-3H3/t11-/m1/s1. The SMILES string of the molecule is CCN(CCCO)c1cc(C)c(F)cc1[C@@H](C)O. The Morgan fingerprint density at radius 3 is 2.56 bits per heavy atom. The predicted molar refractivity (Wildman–Crippen MR) is 71.4 cm³/mol. The average Bonchev–Trinajstić information content (AvgIpc) is 2.33. The van der Waals surface area contributed by atoms with Crippen LogP contribution in [0.15, 0.2) is 12.1 Å². The number of aliphatic hydroxyl groups is 2. The van der Waals surface area contributed by atoms with E-state index in [0.717, 1.165) is 12.2 Å². The fourth-order valence-corrected chi connectivity index (χ4v) is 2.00. The van der Waals surface area contributed by atoms with Gasteiger partial charge in [0.25, 0.3) is 0 Å². The van der Waals surface area contributed by atoms with Crippen molar-refractivity contribution in [3.05, 3.63) is 29.1 Å². The molecule has 2 N–H and O–H groups in total. The van der Waals surface area contributed by atoms with E-state index in [-0.39, 0.29) is 12.4 Å². The first kappa shape index (κ1) is 14.9. The van der Waals surface area contributed by atoms with Crippen molar-refractivity contribution >= 4 is 5.69 Å². The van der Waals surface area contributed by atoms with Crippen LogP contribution in [0.3, 0.4) is 0 Å². The molecule has 0 radical (unpaired) electrons. The maximum Gasteiger partial charge on any atom is 0.126 e. The fourth-order valence-electron chi connectivity index (χ4n) is 2.00. The molecule has 0 saturated heterocycles. The molecule has 0 bridgehead atoms. The van der Waals surface area contributed by atoms with Crippen LogP contribution in [-0.4, -0.2) is 29.9 Å². The maximum absolute atomic E-state index is 13.6. The van der Waals surface area contributed by atoms with Crippen molar-refractivity contribution in [3.63, 3.8) is 0 Å². The molecule has 0 aliphatic heterocycles. The zero-order valence-electron chi connectivity index (χ0n) is 11.3. The second-order valence-corrected chi connectivity index (χ2v) is 4.49. The van der Waals surface area contributed by atoms with Crippen LogP contribution in [0.25, 0.3) is 0 Å². The molecule has 4 heteroatoms. The number of aryl methyl sites for hydroxylation is 1. The van der Waals surface area contributed by atoms with Gasteiger partial charge in [-0.25, -0.2) is 4.39 Å². The van der Waals surface area contributed by atoms with Crippen LogP contribution in [0.1, 0.15) is 37.5 Å². The monoisotopic (exact) mass is 255 g/mol. The van der Waals surface area contributed by atoms with E-state index < -0.39 is 6.10 Å². The third-order valence-corrected chi connectivity index (χ3v) is 3.07. The van der Waals surface area contributed by atoms with Gasteiger partial charge in [-0.1, -0.05) is 0 Å². The summed E-state index contributed by atoms with van der Waals surface area (Å²) in [6.45, 7) is 6.92. The second-order valence-electron chi connectivity index (χ2n) is 4.49. The molecule has 18 heavy (non-hydrogen) atoms. The summed E-state index contributed by atoms with van der Waals surface area (Å²) >= 11 is 0. The topological polar surface area (TPSA) is 43.7 Å². The molecule has 0 spiro atoms. The first-order valence-corrected chi connectivity index (χ1v) is 6.35. The van der Waals surface area contributed by atoms with Crippen LogP contribution in [0, 0.1) is 12.7 Å². The quantitative estimate of drug-likeness (QED) is 0.820. The van der Waals surface area contributed by atoms with Crippen LogP contribution in [0.5, 0.6) is 0 Å². The second kappa shape index (κ2) is 6.71. The van der Waals surface area contributed by atoms with Gasteiger partial charge in [0.1, 0.15) is 5.82 Å².